The summed E-state index contributed by atoms with van der Waals surface area (Å²) in [6.45, 7) is 1.94. The van der Waals surface area contributed by atoms with Crippen molar-refractivity contribution in [2.45, 2.75) is 6.92 Å². The smallest absolute Gasteiger partial charge is 0.335 e. The van der Waals surface area contributed by atoms with Crippen molar-refractivity contribution >= 4 is 17.3 Å². The average Bonchev–Trinajstić information content (AvgIpc) is 2.31. The Morgan fingerprint density at radius 2 is 2.00 bits per heavy atom. The Balaban J connectivity index is 2.27. The molecule has 3 nitrogen and oxygen atoms in total. The van der Waals surface area contributed by atoms with E-state index in [0.717, 1.165) is 17.3 Å². The Hall–Kier alpha value is -2.36. The van der Waals surface area contributed by atoms with Crippen LogP contribution >= 0.6 is 0 Å². The molecule has 2 aromatic carbocycles. The van der Waals surface area contributed by atoms with Crippen LogP contribution in [0.4, 0.5) is 15.8 Å². The molecule has 0 fully saturated rings. The van der Waals surface area contributed by atoms with Crippen molar-refractivity contribution in [1.82, 2.24) is 0 Å². The first-order chi connectivity index (χ1) is 8.56. The minimum atomic E-state index is -1.14. The minimum absolute atomic E-state index is 0.0673. The molecule has 2 rings (SSSR count). The number of aromatic carboxylic acids is 1. The number of aryl methyl sites for hydroxylation is 1. The van der Waals surface area contributed by atoms with Crippen LogP contribution in [0.25, 0.3) is 0 Å². The first-order valence-corrected chi connectivity index (χ1v) is 5.43. The van der Waals surface area contributed by atoms with Crippen LogP contribution in [0.5, 0.6) is 0 Å². The lowest BCUT2D eigenvalue weighted by Crippen LogP contribution is -2.00. The van der Waals surface area contributed by atoms with E-state index in [9.17, 15) is 9.18 Å². The fourth-order valence-electron chi connectivity index (χ4n) is 1.63. The van der Waals surface area contributed by atoms with E-state index >= 15 is 0 Å². The molecule has 0 atom stereocenters. The van der Waals surface area contributed by atoms with Gasteiger partial charge in [-0.25, -0.2) is 9.18 Å². The third-order valence-electron chi connectivity index (χ3n) is 2.51. The Morgan fingerprint density at radius 3 is 2.61 bits per heavy atom. The quantitative estimate of drug-likeness (QED) is 0.869. The van der Waals surface area contributed by atoms with Gasteiger partial charge in [0.1, 0.15) is 5.82 Å². The molecule has 18 heavy (non-hydrogen) atoms. The van der Waals surface area contributed by atoms with E-state index in [-0.39, 0.29) is 11.3 Å². The Kier molecular flexibility index (Phi) is 3.28. The summed E-state index contributed by atoms with van der Waals surface area (Å²) in [5.41, 5.74) is 2.01. The number of carbonyl (C=O) groups is 1. The Morgan fingerprint density at radius 1 is 1.22 bits per heavy atom. The zero-order chi connectivity index (χ0) is 13.1. The van der Waals surface area contributed by atoms with E-state index in [0.29, 0.717) is 0 Å². The first kappa shape index (κ1) is 12.1. The van der Waals surface area contributed by atoms with Gasteiger partial charge in [-0.15, -0.1) is 0 Å². The molecule has 0 heterocycles. The van der Waals surface area contributed by atoms with E-state index in [2.05, 4.69) is 5.32 Å². The van der Waals surface area contributed by atoms with E-state index < -0.39 is 11.8 Å². The van der Waals surface area contributed by atoms with Gasteiger partial charge >= 0.3 is 5.97 Å². The molecule has 0 aromatic heterocycles. The van der Waals surface area contributed by atoms with Gasteiger partial charge in [0, 0.05) is 5.69 Å². The standard InChI is InChI=1S/C14H12FNO2/c1-9-3-2-4-11(7-9)16-13-6-5-10(14(17)18)8-12(13)15/h2-8,16H,1H3,(H,17,18). The van der Waals surface area contributed by atoms with Crippen molar-refractivity contribution in [1.29, 1.82) is 0 Å². The summed E-state index contributed by atoms with van der Waals surface area (Å²) < 4.78 is 13.7. The van der Waals surface area contributed by atoms with E-state index in [4.69, 9.17) is 5.11 Å². The van der Waals surface area contributed by atoms with Gasteiger partial charge in [-0.2, -0.15) is 0 Å². The SMILES string of the molecule is Cc1cccc(Nc2ccc(C(=O)O)cc2F)c1. The lowest BCUT2D eigenvalue weighted by molar-refractivity contribution is 0.0696. The predicted octanol–water partition coefficient (Wildman–Crippen LogP) is 3.58. The summed E-state index contributed by atoms with van der Waals surface area (Å²) in [5.74, 6) is -1.73. The highest BCUT2D eigenvalue weighted by atomic mass is 19.1. The maximum atomic E-state index is 13.7. The summed E-state index contributed by atoms with van der Waals surface area (Å²) in [6.07, 6.45) is 0. The Labute approximate surface area is 104 Å². The summed E-state index contributed by atoms with van der Waals surface area (Å²) in [4.78, 5) is 10.7. The number of carboxylic acids is 1. The van der Waals surface area contributed by atoms with E-state index in [1.165, 1.54) is 12.1 Å². The molecule has 0 saturated carbocycles. The molecule has 0 amide bonds. The van der Waals surface area contributed by atoms with E-state index in [1.807, 2.05) is 31.2 Å². The van der Waals surface area contributed by atoms with Gasteiger partial charge in [0.25, 0.3) is 0 Å². The number of halogens is 1. The molecule has 0 saturated heterocycles. The maximum Gasteiger partial charge on any atom is 0.335 e. The van der Waals surface area contributed by atoms with Gasteiger partial charge in [-0.05, 0) is 42.8 Å². The zero-order valence-electron chi connectivity index (χ0n) is 9.77. The molecule has 0 aliphatic heterocycles. The lowest BCUT2D eigenvalue weighted by atomic mass is 10.2. The van der Waals surface area contributed by atoms with Gasteiger partial charge in [-0.1, -0.05) is 12.1 Å². The number of anilines is 2. The second-order valence-corrected chi connectivity index (χ2v) is 3.99. The van der Waals surface area contributed by atoms with Crippen LogP contribution in [0.2, 0.25) is 0 Å². The largest absolute Gasteiger partial charge is 0.478 e. The molecule has 0 spiro atoms. The van der Waals surface area contributed by atoms with Gasteiger partial charge in [-0.3, -0.25) is 0 Å². The highest BCUT2D eigenvalue weighted by Gasteiger charge is 2.08. The topological polar surface area (TPSA) is 49.3 Å². The number of carboxylic acid groups (broad SMARTS) is 1. The molecule has 0 radical (unpaired) electrons. The highest BCUT2D eigenvalue weighted by Crippen LogP contribution is 2.21. The maximum absolute atomic E-state index is 13.7. The zero-order valence-corrected chi connectivity index (χ0v) is 9.77. The molecular formula is C14H12FNO2. The molecule has 0 aliphatic rings. The van der Waals surface area contributed by atoms with Gasteiger partial charge in [0.15, 0.2) is 0 Å². The molecule has 4 heteroatoms. The third kappa shape index (κ3) is 2.66. The summed E-state index contributed by atoms with van der Waals surface area (Å²) >= 11 is 0. The second kappa shape index (κ2) is 4.87. The van der Waals surface area contributed by atoms with Crippen molar-refractivity contribution in [2.24, 2.45) is 0 Å². The molecule has 2 N–H and O–H groups in total. The molecule has 0 aliphatic carbocycles. The number of nitrogens with one attached hydrogen (secondary N) is 1. The van der Waals surface area contributed by atoms with Crippen LogP contribution in [0.15, 0.2) is 42.5 Å². The predicted molar refractivity (Wildman–Crippen MR) is 67.8 cm³/mol. The molecule has 0 unspecified atom stereocenters. The number of hydrogen-bond acceptors (Lipinski definition) is 2. The van der Waals surface area contributed by atoms with Gasteiger partial charge in [0.05, 0.1) is 11.3 Å². The summed E-state index contributed by atoms with van der Waals surface area (Å²) in [6, 6.07) is 11.3. The van der Waals surface area contributed by atoms with Gasteiger partial charge < -0.3 is 10.4 Å². The monoisotopic (exact) mass is 245 g/mol. The minimum Gasteiger partial charge on any atom is -0.478 e. The Bertz CT molecular complexity index is 596. The molecule has 92 valence electrons. The van der Waals surface area contributed by atoms with Crippen LogP contribution in [-0.2, 0) is 0 Å². The van der Waals surface area contributed by atoms with Gasteiger partial charge in [0.2, 0.25) is 0 Å². The van der Waals surface area contributed by atoms with Crippen molar-refractivity contribution in [3.05, 3.63) is 59.4 Å². The summed E-state index contributed by atoms with van der Waals surface area (Å²) in [7, 11) is 0. The molecule has 0 bridgehead atoms. The molecule has 2 aromatic rings. The van der Waals surface area contributed by atoms with Crippen LogP contribution in [0, 0.1) is 12.7 Å². The number of rotatable bonds is 3. The van der Waals surface area contributed by atoms with Crippen LogP contribution in [0.1, 0.15) is 15.9 Å². The number of benzene rings is 2. The highest BCUT2D eigenvalue weighted by molar-refractivity contribution is 5.88. The fraction of sp³-hybridized carbons (Fsp3) is 0.0714. The van der Waals surface area contributed by atoms with Crippen molar-refractivity contribution in [2.75, 3.05) is 5.32 Å². The van der Waals surface area contributed by atoms with Crippen molar-refractivity contribution in [3.8, 4) is 0 Å². The lowest BCUT2D eigenvalue weighted by Gasteiger charge is -2.08. The van der Waals surface area contributed by atoms with E-state index in [1.54, 1.807) is 0 Å². The first-order valence-electron chi connectivity index (χ1n) is 5.43. The summed E-state index contributed by atoms with van der Waals surface area (Å²) in [5, 5.41) is 11.7. The van der Waals surface area contributed by atoms with Crippen LogP contribution in [0.3, 0.4) is 0 Å². The molecular weight excluding hydrogens is 233 g/mol. The van der Waals surface area contributed by atoms with Crippen molar-refractivity contribution in [3.63, 3.8) is 0 Å². The van der Waals surface area contributed by atoms with Crippen LogP contribution in [-0.4, -0.2) is 11.1 Å². The average molecular weight is 245 g/mol. The fourth-order valence-corrected chi connectivity index (χ4v) is 1.63. The van der Waals surface area contributed by atoms with Crippen molar-refractivity contribution < 1.29 is 14.3 Å². The number of hydrogen-bond donors (Lipinski definition) is 2. The third-order valence-corrected chi connectivity index (χ3v) is 2.51. The normalized spacial score (nSPS) is 10.1. The van der Waals surface area contributed by atoms with Crippen LogP contribution < -0.4 is 5.32 Å². The second-order valence-electron chi connectivity index (χ2n) is 3.99.